The van der Waals surface area contributed by atoms with E-state index in [-0.39, 0.29) is 6.04 Å². The smallest absolute Gasteiger partial charge is 0.243 e. The lowest BCUT2D eigenvalue weighted by Crippen LogP contribution is -2.46. The number of hydrogen-bond acceptors (Lipinski definition) is 3. The van der Waals surface area contributed by atoms with Crippen molar-refractivity contribution in [2.75, 3.05) is 13.1 Å². The largest absolute Gasteiger partial charge is 0.301 e. The first-order valence-corrected chi connectivity index (χ1v) is 8.49. The molecule has 2 rings (SSSR count). The van der Waals surface area contributed by atoms with Crippen LogP contribution in [0.2, 0.25) is 0 Å². The Hall–Kier alpha value is -1.05. The first-order chi connectivity index (χ1) is 9.79. The van der Waals surface area contributed by atoms with Gasteiger partial charge in [-0.2, -0.15) is 0 Å². The van der Waals surface area contributed by atoms with E-state index in [0.717, 1.165) is 25.2 Å². The van der Waals surface area contributed by atoms with Gasteiger partial charge in [0.05, 0.1) is 0 Å². The molecule has 1 aromatic carbocycles. The number of piperidine rings is 1. The van der Waals surface area contributed by atoms with Gasteiger partial charge in [-0.1, -0.05) is 0 Å². The average molecular weight is 318 g/mol. The molecule has 0 bridgehead atoms. The summed E-state index contributed by atoms with van der Waals surface area (Å²) in [6.45, 7) is 5.80. The minimum absolute atomic E-state index is 0.213. The van der Waals surface area contributed by atoms with Crippen LogP contribution in [0.5, 0.6) is 0 Å². The summed E-state index contributed by atoms with van der Waals surface area (Å²) in [5.41, 5.74) is 0. The molecular weight excluding hydrogens is 298 g/mol. The zero-order valence-corrected chi connectivity index (χ0v) is 13.0. The van der Waals surface area contributed by atoms with Crippen molar-refractivity contribution in [3.05, 3.63) is 29.8 Å². The van der Waals surface area contributed by atoms with E-state index in [4.69, 9.17) is 0 Å². The molecule has 1 aliphatic rings. The molecule has 1 heterocycles. The molecule has 1 aromatic rings. The van der Waals surface area contributed by atoms with Crippen LogP contribution < -0.4 is 4.72 Å². The van der Waals surface area contributed by atoms with Crippen LogP contribution in [0.25, 0.3) is 0 Å². The Kier molecular flexibility index (Phi) is 4.95. The van der Waals surface area contributed by atoms with E-state index in [1.54, 1.807) is 0 Å². The van der Waals surface area contributed by atoms with Gasteiger partial charge < -0.3 is 4.90 Å². The van der Waals surface area contributed by atoms with Crippen molar-refractivity contribution < 1.29 is 17.2 Å². The highest BCUT2D eigenvalue weighted by Crippen LogP contribution is 2.19. The summed E-state index contributed by atoms with van der Waals surface area (Å²) in [7, 11) is -3.96. The molecule has 21 heavy (non-hydrogen) atoms. The van der Waals surface area contributed by atoms with Crippen LogP contribution in [0.15, 0.2) is 23.1 Å². The molecule has 0 atom stereocenters. The van der Waals surface area contributed by atoms with Gasteiger partial charge in [-0.3, -0.25) is 0 Å². The van der Waals surface area contributed by atoms with E-state index in [0.29, 0.717) is 24.9 Å². The number of nitrogens with zero attached hydrogens (tertiary/aromatic N) is 1. The standard InChI is InChI=1S/C14H20F2N2O2S/c1-10(2)18-7-5-12(6-8-18)17-21(19,20)14-4-3-11(15)9-13(14)16/h3-4,9-10,12,17H,5-8H2,1-2H3. The zero-order chi connectivity index (χ0) is 15.6. The summed E-state index contributed by atoms with van der Waals surface area (Å²) in [6, 6.07) is 2.69. The lowest BCUT2D eigenvalue weighted by atomic mass is 10.1. The molecule has 0 unspecified atom stereocenters. The SMILES string of the molecule is CC(C)N1CCC(NS(=O)(=O)c2ccc(F)cc2F)CC1. The summed E-state index contributed by atoms with van der Waals surface area (Å²) in [6.07, 6.45) is 1.36. The highest BCUT2D eigenvalue weighted by molar-refractivity contribution is 7.89. The third-order valence-corrected chi connectivity index (χ3v) is 5.32. The number of sulfonamides is 1. The van der Waals surface area contributed by atoms with E-state index >= 15 is 0 Å². The molecule has 7 heteroatoms. The molecular formula is C14H20F2N2O2S. The number of hydrogen-bond donors (Lipinski definition) is 1. The Bertz CT molecular complexity index is 597. The fourth-order valence-electron chi connectivity index (χ4n) is 2.51. The zero-order valence-electron chi connectivity index (χ0n) is 12.1. The van der Waals surface area contributed by atoms with Gasteiger partial charge >= 0.3 is 0 Å². The second-order valence-corrected chi connectivity index (χ2v) is 7.28. The number of halogens is 2. The highest BCUT2D eigenvalue weighted by atomic mass is 32.2. The Balaban J connectivity index is 2.05. The molecule has 1 saturated heterocycles. The van der Waals surface area contributed by atoms with Crippen LogP contribution in [0, 0.1) is 11.6 Å². The molecule has 0 amide bonds. The van der Waals surface area contributed by atoms with Crippen molar-refractivity contribution >= 4 is 10.0 Å². The van der Waals surface area contributed by atoms with Crippen LogP contribution in [0.3, 0.4) is 0 Å². The quantitative estimate of drug-likeness (QED) is 0.925. The fraction of sp³-hybridized carbons (Fsp3) is 0.571. The van der Waals surface area contributed by atoms with Gasteiger partial charge in [-0.05, 0) is 51.9 Å². The van der Waals surface area contributed by atoms with Gasteiger partial charge in [0.25, 0.3) is 0 Å². The van der Waals surface area contributed by atoms with Gasteiger partial charge in [-0.25, -0.2) is 21.9 Å². The Morgan fingerprint density at radius 2 is 1.86 bits per heavy atom. The van der Waals surface area contributed by atoms with Crippen molar-refractivity contribution in [2.24, 2.45) is 0 Å². The summed E-state index contributed by atoms with van der Waals surface area (Å²) >= 11 is 0. The van der Waals surface area contributed by atoms with Crippen LogP contribution in [-0.4, -0.2) is 38.5 Å². The first-order valence-electron chi connectivity index (χ1n) is 7.01. The summed E-state index contributed by atoms with van der Waals surface area (Å²) in [5, 5.41) is 0. The number of rotatable bonds is 4. The third-order valence-electron chi connectivity index (χ3n) is 3.77. The average Bonchev–Trinajstić information content (AvgIpc) is 2.38. The number of nitrogens with one attached hydrogen (secondary N) is 1. The van der Waals surface area contributed by atoms with Crippen LogP contribution in [0.1, 0.15) is 26.7 Å². The van der Waals surface area contributed by atoms with E-state index in [2.05, 4.69) is 23.5 Å². The molecule has 0 radical (unpaired) electrons. The monoisotopic (exact) mass is 318 g/mol. The van der Waals surface area contributed by atoms with E-state index in [1.165, 1.54) is 0 Å². The third kappa shape index (κ3) is 3.99. The van der Waals surface area contributed by atoms with Gasteiger partial charge in [0.2, 0.25) is 10.0 Å². The van der Waals surface area contributed by atoms with E-state index in [9.17, 15) is 17.2 Å². The molecule has 0 spiro atoms. The molecule has 0 aromatic heterocycles. The van der Waals surface area contributed by atoms with Crippen molar-refractivity contribution in [3.63, 3.8) is 0 Å². The van der Waals surface area contributed by atoms with Gasteiger partial charge in [0, 0.05) is 18.2 Å². The predicted molar refractivity (Wildman–Crippen MR) is 76.4 cm³/mol. The maximum absolute atomic E-state index is 13.6. The highest BCUT2D eigenvalue weighted by Gasteiger charge is 2.27. The molecule has 1 fully saturated rings. The second kappa shape index (κ2) is 6.37. The van der Waals surface area contributed by atoms with E-state index in [1.807, 2.05) is 0 Å². The van der Waals surface area contributed by atoms with Crippen molar-refractivity contribution in [2.45, 2.75) is 43.7 Å². The van der Waals surface area contributed by atoms with Crippen molar-refractivity contribution in [3.8, 4) is 0 Å². The minimum atomic E-state index is -3.96. The van der Waals surface area contributed by atoms with Crippen molar-refractivity contribution in [1.29, 1.82) is 0 Å². The van der Waals surface area contributed by atoms with Crippen molar-refractivity contribution in [1.82, 2.24) is 9.62 Å². The molecule has 0 aliphatic carbocycles. The predicted octanol–water partition coefficient (Wildman–Crippen LogP) is 2.12. The van der Waals surface area contributed by atoms with Gasteiger partial charge in [0.15, 0.2) is 0 Å². The van der Waals surface area contributed by atoms with Crippen LogP contribution in [-0.2, 0) is 10.0 Å². The first kappa shape index (κ1) is 16.3. The molecule has 1 N–H and O–H groups in total. The number of benzene rings is 1. The lowest BCUT2D eigenvalue weighted by molar-refractivity contribution is 0.168. The summed E-state index contributed by atoms with van der Waals surface area (Å²) < 4.78 is 53.3. The summed E-state index contributed by atoms with van der Waals surface area (Å²) in [4.78, 5) is 1.76. The molecule has 4 nitrogen and oxygen atoms in total. The second-order valence-electron chi connectivity index (χ2n) is 5.60. The Morgan fingerprint density at radius 1 is 1.24 bits per heavy atom. The normalized spacial score (nSPS) is 18.3. The van der Waals surface area contributed by atoms with Crippen LogP contribution in [0.4, 0.5) is 8.78 Å². The molecule has 1 aliphatic heterocycles. The number of likely N-dealkylation sites (tertiary alicyclic amines) is 1. The van der Waals surface area contributed by atoms with Gasteiger partial charge in [0.1, 0.15) is 16.5 Å². The molecule has 0 saturated carbocycles. The van der Waals surface area contributed by atoms with Crippen LogP contribution >= 0.6 is 0 Å². The lowest BCUT2D eigenvalue weighted by Gasteiger charge is -2.34. The molecule has 118 valence electrons. The Labute approximate surface area is 124 Å². The summed E-state index contributed by atoms with van der Waals surface area (Å²) in [5.74, 6) is -1.86. The topological polar surface area (TPSA) is 49.4 Å². The van der Waals surface area contributed by atoms with E-state index < -0.39 is 26.6 Å². The Morgan fingerprint density at radius 3 is 2.38 bits per heavy atom. The fourth-order valence-corrected chi connectivity index (χ4v) is 3.87. The maximum atomic E-state index is 13.6. The maximum Gasteiger partial charge on any atom is 0.243 e. The minimum Gasteiger partial charge on any atom is -0.301 e. The van der Waals surface area contributed by atoms with Gasteiger partial charge in [-0.15, -0.1) is 0 Å².